The van der Waals surface area contributed by atoms with Gasteiger partial charge in [0.25, 0.3) is 0 Å². The van der Waals surface area contributed by atoms with Gasteiger partial charge in [0.05, 0.1) is 23.9 Å². The van der Waals surface area contributed by atoms with E-state index in [0.29, 0.717) is 24.2 Å². The largest absolute Gasteiger partial charge is 0.385 e. The number of hydrogen-bond acceptors (Lipinski definition) is 19. The summed E-state index contributed by atoms with van der Waals surface area (Å²) in [6, 6.07) is 0. The van der Waals surface area contributed by atoms with Gasteiger partial charge in [-0.2, -0.15) is 94.1 Å². The quantitative estimate of drug-likeness (QED) is 0.0754. The van der Waals surface area contributed by atoms with Crippen molar-refractivity contribution in [3.8, 4) is 0 Å². The zero-order valence-corrected chi connectivity index (χ0v) is 77.1. The minimum absolute atomic E-state index is 0.0417. The highest BCUT2D eigenvalue weighted by Crippen LogP contribution is 2.02. The molecule has 578 valence electrons. The maximum absolute atomic E-state index is 4.94. The number of methoxy groups -OCH3 is 7. The summed E-state index contributed by atoms with van der Waals surface area (Å²) < 4.78 is 38.2. The van der Waals surface area contributed by atoms with Crippen LogP contribution in [0, 0.1) is 5.92 Å². The number of ether oxygens (including phenoxy) is 8. The fraction of sp³-hybridized carbons (Fsp3) is 1.00. The van der Waals surface area contributed by atoms with Crippen LogP contribution in [0.25, 0.3) is 0 Å². The Hall–Kier alpha value is 2.36. The molecule has 0 aromatic carbocycles. The number of unbranched alkanes of at least 4 members (excludes halogenated alkanes) is 1. The van der Waals surface area contributed by atoms with Crippen LogP contribution in [0.15, 0.2) is 0 Å². The average Bonchev–Trinajstić information content (AvgIpc) is 3.53. The van der Waals surface area contributed by atoms with E-state index in [2.05, 4.69) is 168 Å². The molecule has 0 saturated heterocycles. The SMILES string of the molecule is CCC(C)OC.CCCCSC.CCCNC.CCCOC.CCCSC.CCCSC.CCNC.CCOC.CCOCC.CCSC.CCSC.CCSC.CNC.COC(C)(C)C.COC(C)C.COC(C)C.COCC(C)C.CSC.CSC(C)C. The Labute approximate surface area is 611 Å². The van der Waals surface area contributed by atoms with Crippen molar-refractivity contribution in [3.63, 3.8) is 0 Å². The third kappa shape index (κ3) is 546. The van der Waals surface area contributed by atoms with Crippen LogP contribution in [-0.2, 0) is 37.9 Å². The smallest absolute Gasteiger partial charge is 0.0594 e. The lowest BCUT2D eigenvalue weighted by Gasteiger charge is -2.14. The minimum Gasteiger partial charge on any atom is -0.385 e. The molecule has 0 bridgehead atoms. The van der Waals surface area contributed by atoms with E-state index in [4.69, 9.17) is 33.2 Å². The Morgan fingerprint density at radius 2 is 0.700 bits per heavy atom. The molecule has 90 heavy (non-hydrogen) atoms. The molecule has 0 aliphatic heterocycles. The maximum Gasteiger partial charge on any atom is 0.0594 e. The zero-order chi connectivity index (χ0) is 76.0. The molecule has 1 atom stereocenters. The van der Waals surface area contributed by atoms with Gasteiger partial charge in [-0.3, -0.25) is 0 Å². The van der Waals surface area contributed by atoms with Crippen LogP contribution in [0.5, 0.6) is 0 Å². The van der Waals surface area contributed by atoms with E-state index in [1.165, 1.54) is 66.6 Å². The summed E-state index contributed by atoms with van der Waals surface area (Å²) in [5.74, 6) is 8.33. The van der Waals surface area contributed by atoms with Crippen molar-refractivity contribution in [1.29, 1.82) is 0 Å². The van der Waals surface area contributed by atoms with Crippen molar-refractivity contribution in [2.45, 2.75) is 247 Å². The van der Waals surface area contributed by atoms with E-state index < -0.39 is 0 Å². The highest BCUT2D eigenvalue weighted by atomic mass is 32.2. The molecular formula is C71H183N3O8S8. The van der Waals surface area contributed by atoms with Gasteiger partial charge in [-0.15, -0.1) is 0 Å². The fourth-order valence-corrected chi connectivity index (χ4v) is 3.25. The van der Waals surface area contributed by atoms with Crippen molar-refractivity contribution in [2.75, 3.05) is 215 Å². The molecule has 0 heterocycles. The standard InChI is InChI=1S/3C5H12O.C5H12S.C4H11N.4C4H10O.3C4H10S.C3H9N.C3H8O.3C3H8S.C2H7N.C2H6S/c1-5(2)4-6-3;1-5(2,3)6-4;1-4-5(2)6-3;1-3-4-5-6-2;1-3-4-5-2;2*1-4(2)5-3;1-3-4-5-2;1-3-5-4-2;1-4(2)5-3;2*1-3-4-5-2;5*1-3-4-2;2*1-3-2/h5H,4H2,1-3H3;1-4H3;5H,4H2,1-3H3;3-5H2,1-2H3;5H,3-4H2,1-2H3;2*4H,1-3H3;2*3-4H2,1-2H3;4H,1-3H3;2*3-4H2,1-2H3;4H,3H2,1-2H3;4*3H2,1-2H3;3H,1-2H3;1-2H3. The van der Waals surface area contributed by atoms with E-state index in [0.717, 1.165) is 64.2 Å². The maximum atomic E-state index is 4.94. The van der Waals surface area contributed by atoms with Crippen molar-refractivity contribution in [1.82, 2.24) is 16.0 Å². The van der Waals surface area contributed by atoms with Gasteiger partial charge in [0.2, 0.25) is 0 Å². The summed E-state index contributed by atoms with van der Waals surface area (Å²) in [6.45, 7) is 58.6. The van der Waals surface area contributed by atoms with E-state index in [1.54, 1.807) is 61.5 Å². The second-order valence-electron chi connectivity index (χ2n) is 19.6. The number of rotatable bonds is 25. The van der Waals surface area contributed by atoms with Gasteiger partial charge in [-0.05, 0) is 258 Å². The molecule has 0 rings (SSSR count). The van der Waals surface area contributed by atoms with Crippen molar-refractivity contribution >= 4 is 94.1 Å². The van der Waals surface area contributed by atoms with Gasteiger partial charge in [0.15, 0.2) is 0 Å². The zero-order valence-electron chi connectivity index (χ0n) is 70.6. The van der Waals surface area contributed by atoms with E-state index in [9.17, 15) is 0 Å². The molecular weight excluding hydrogens is 1280 g/mol. The Kier molecular flexibility index (Phi) is 305. The van der Waals surface area contributed by atoms with Crippen LogP contribution >= 0.6 is 94.1 Å². The van der Waals surface area contributed by atoms with Crippen LogP contribution in [0.4, 0.5) is 0 Å². The molecule has 0 amide bonds. The first-order chi connectivity index (χ1) is 42.3. The van der Waals surface area contributed by atoms with Crippen LogP contribution in [0.2, 0.25) is 0 Å². The normalized spacial score (nSPS) is 9.03. The van der Waals surface area contributed by atoms with Crippen molar-refractivity contribution in [2.24, 2.45) is 5.92 Å². The molecule has 11 nitrogen and oxygen atoms in total. The van der Waals surface area contributed by atoms with Crippen LogP contribution in [0.3, 0.4) is 0 Å². The number of nitrogens with one attached hydrogen (secondary N) is 3. The molecule has 0 aromatic heterocycles. The molecule has 0 aliphatic carbocycles. The van der Waals surface area contributed by atoms with Crippen LogP contribution in [-0.4, -0.2) is 244 Å². The van der Waals surface area contributed by atoms with Crippen LogP contribution in [0.1, 0.15) is 218 Å². The summed E-state index contributed by atoms with van der Waals surface area (Å²) in [4.78, 5) is 0. The molecule has 3 N–H and O–H groups in total. The van der Waals surface area contributed by atoms with Gasteiger partial charge in [-0.25, -0.2) is 0 Å². The van der Waals surface area contributed by atoms with Gasteiger partial charge in [-0.1, -0.05) is 103 Å². The lowest BCUT2D eigenvalue weighted by molar-refractivity contribution is 0.0397. The van der Waals surface area contributed by atoms with Gasteiger partial charge in [0, 0.05) is 82.8 Å². The highest BCUT2D eigenvalue weighted by molar-refractivity contribution is 7.99. The second-order valence-corrected chi connectivity index (χ2v) is 28.3. The molecule has 0 aliphatic rings. The molecule has 19 heteroatoms. The van der Waals surface area contributed by atoms with Gasteiger partial charge < -0.3 is 53.8 Å². The monoisotopic (exact) mass is 1460 g/mol. The first-order valence-corrected chi connectivity index (χ1v) is 44.6. The predicted molar refractivity (Wildman–Crippen MR) is 456 cm³/mol. The van der Waals surface area contributed by atoms with Gasteiger partial charge in [0.1, 0.15) is 0 Å². The topological polar surface area (TPSA) is 110 Å². The lowest BCUT2D eigenvalue weighted by atomic mass is 10.2. The summed E-state index contributed by atoms with van der Waals surface area (Å²) in [6.07, 6.45) is 28.9. The Morgan fingerprint density at radius 1 is 0.411 bits per heavy atom. The molecule has 1 unspecified atom stereocenters. The Balaban J connectivity index is -0.0000000349. The number of hydrogen-bond donors (Lipinski definition) is 3. The third-order valence-corrected chi connectivity index (χ3v) is 12.9. The lowest BCUT2D eigenvalue weighted by Crippen LogP contribution is -2.15. The second kappa shape index (κ2) is 192. The minimum atomic E-state index is 0.0417. The molecule has 0 radical (unpaired) electrons. The number of thioether (sulfide) groups is 8. The summed E-state index contributed by atoms with van der Waals surface area (Å²) in [5, 5.41) is 9.50. The third-order valence-electron chi connectivity index (χ3n) is 7.85. The summed E-state index contributed by atoms with van der Waals surface area (Å²) in [5.41, 5.74) is 0.0417. The van der Waals surface area contributed by atoms with E-state index in [1.807, 2.05) is 192 Å². The molecule has 0 saturated carbocycles. The Bertz CT molecular complexity index is 679. The van der Waals surface area contributed by atoms with E-state index >= 15 is 0 Å². The predicted octanol–water partition coefficient (Wildman–Crippen LogP) is 22.2. The first kappa shape index (κ1) is 143. The molecule has 0 fully saturated rings. The van der Waals surface area contributed by atoms with E-state index in [-0.39, 0.29) is 5.60 Å². The fourth-order valence-electron chi connectivity index (χ4n) is 1.86. The molecule has 0 spiro atoms. The van der Waals surface area contributed by atoms with Crippen molar-refractivity contribution in [3.05, 3.63) is 0 Å². The average molecular weight is 1460 g/mol. The highest BCUT2D eigenvalue weighted by Gasteiger charge is 2.04. The molecule has 0 aromatic rings. The van der Waals surface area contributed by atoms with Crippen molar-refractivity contribution < 1.29 is 37.9 Å². The summed E-state index contributed by atoms with van der Waals surface area (Å²) in [7, 11) is 19.6. The van der Waals surface area contributed by atoms with Gasteiger partial charge >= 0.3 is 0 Å². The van der Waals surface area contributed by atoms with Crippen LogP contribution < -0.4 is 16.0 Å². The first-order valence-electron chi connectivity index (χ1n) is 33.3. The summed E-state index contributed by atoms with van der Waals surface area (Å²) >= 11 is 14.9. The Morgan fingerprint density at radius 3 is 0.711 bits per heavy atom.